The summed E-state index contributed by atoms with van der Waals surface area (Å²) in [5.74, 6) is 0.656. The Morgan fingerprint density at radius 3 is 2.39 bits per heavy atom. The van der Waals surface area contributed by atoms with E-state index in [0.717, 1.165) is 22.3 Å². The SMILES string of the molecule is Cc1cccc(C(=O)Oc2ccc(/C=N\NC(=O)COc3cc(C)ccc3C(C)C)cc2)c1. The minimum absolute atomic E-state index is 0.131. The normalized spacial score (nSPS) is 10.9. The Labute approximate surface area is 194 Å². The van der Waals surface area contributed by atoms with E-state index in [0.29, 0.717) is 23.0 Å². The van der Waals surface area contributed by atoms with Crippen molar-refractivity contribution in [2.75, 3.05) is 6.61 Å². The van der Waals surface area contributed by atoms with Crippen molar-refractivity contribution in [2.45, 2.75) is 33.6 Å². The summed E-state index contributed by atoms with van der Waals surface area (Å²) in [4.78, 5) is 24.3. The number of hydrogen-bond donors (Lipinski definition) is 1. The van der Waals surface area contributed by atoms with E-state index in [9.17, 15) is 9.59 Å². The second kappa shape index (κ2) is 11.1. The van der Waals surface area contributed by atoms with Gasteiger partial charge in [-0.15, -0.1) is 0 Å². The number of carbonyl (C=O) groups is 2. The van der Waals surface area contributed by atoms with Gasteiger partial charge >= 0.3 is 5.97 Å². The highest BCUT2D eigenvalue weighted by atomic mass is 16.5. The molecule has 0 radical (unpaired) electrons. The topological polar surface area (TPSA) is 77.0 Å². The summed E-state index contributed by atoms with van der Waals surface area (Å²) in [6.45, 7) is 7.93. The summed E-state index contributed by atoms with van der Waals surface area (Å²) in [5.41, 5.74) is 6.81. The van der Waals surface area contributed by atoms with Crippen LogP contribution in [0.2, 0.25) is 0 Å². The van der Waals surface area contributed by atoms with Crippen molar-refractivity contribution >= 4 is 18.1 Å². The van der Waals surface area contributed by atoms with Crippen molar-refractivity contribution in [3.63, 3.8) is 0 Å². The molecule has 3 rings (SSSR count). The van der Waals surface area contributed by atoms with Gasteiger partial charge in [-0.2, -0.15) is 5.10 Å². The molecule has 0 fully saturated rings. The van der Waals surface area contributed by atoms with Gasteiger partial charge in [-0.05, 0) is 78.9 Å². The Balaban J connectivity index is 1.50. The maximum atomic E-state index is 12.2. The molecule has 0 spiro atoms. The third kappa shape index (κ3) is 7.04. The molecular weight excluding hydrogens is 416 g/mol. The molecule has 3 aromatic carbocycles. The van der Waals surface area contributed by atoms with Crippen LogP contribution in [0.15, 0.2) is 71.8 Å². The van der Waals surface area contributed by atoms with Crippen molar-refractivity contribution in [2.24, 2.45) is 5.10 Å². The molecule has 0 bridgehead atoms. The molecule has 0 saturated heterocycles. The molecule has 170 valence electrons. The van der Waals surface area contributed by atoms with Crippen LogP contribution in [0.5, 0.6) is 11.5 Å². The Bertz CT molecular complexity index is 1150. The quantitative estimate of drug-likeness (QED) is 0.225. The Morgan fingerprint density at radius 2 is 1.70 bits per heavy atom. The lowest BCUT2D eigenvalue weighted by molar-refractivity contribution is -0.123. The smallest absolute Gasteiger partial charge is 0.343 e. The number of rotatable bonds is 8. The van der Waals surface area contributed by atoms with E-state index in [1.165, 1.54) is 6.21 Å². The predicted octanol–water partition coefficient (Wildman–Crippen LogP) is 5.18. The van der Waals surface area contributed by atoms with Gasteiger partial charge in [-0.25, -0.2) is 10.2 Å². The van der Waals surface area contributed by atoms with E-state index < -0.39 is 5.97 Å². The molecule has 0 aliphatic carbocycles. The Morgan fingerprint density at radius 1 is 0.970 bits per heavy atom. The van der Waals surface area contributed by atoms with Crippen LogP contribution >= 0.6 is 0 Å². The molecule has 6 heteroatoms. The van der Waals surface area contributed by atoms with Crippen molar-refractivity contribution < 1.29 is 19.1 Å². The number of aryl methyl sites for hydroxylation is 2. The van der Waals surface area contributed by atoms with Crippen LogP contribution in [0.4, 0.5) is 0 Å². The van der Waals surface area contributed by atoms with E-state index in [4.69, 9.17) is 9.47 Å². The number of benzene rings is 3. The minimum Gasteiger partial charge on any atom is -0.483 e. The fraction of sp³-hybridized carbons (Fsp3) is 0.222. The lowest BCUT2D eigenvalue weighted by Gasteiger charge is -2.14. The molecule has 0 saturated carbocycles. The molecule has 0 unspecified atom stereocenters. The maximum absolute atomic E-state index is 12.2. The van der Waals surface area contributed by atoms with Gasteiger partial charge in [0.15, 0.2) is 6.61 Å². The summed E-state index contributed by atoms with van der Waals surface area (Å²) >= 11 is 0. The Hall–Kier alpha value is -3.93. The van der Waals surface area contributed by atoms with Gasteiger partial charge in [0, 0.05) is 0 Å². The molecule has 3 aromatic rings. The molecule has 0 heterocycles. The van der Waals surface area contributed by atoms with Crippen LogP contribution in [-0.2, 0) is 4.79 Å². The number of esters is 1. The fourth-order valence-electron chi connectivity index (χ4n) is 3.16. The van der Waals surface area contributed by atoms with Crippen LogP contribution in [0, 0.1) is 13.8 Å². The van der Waals surface area contributed by atoms with E-state index in [1.807, 2.05) is 44.2 Å². The van der Waals surface area contributed by atoms with E-state index >= 15 is 0 Å². The number of amides is 1. The number of carbonyl (C=O) groups excluding carboxylic acids is 2. The summed E-state index contributed by atoms with van der Waals surface area (Å²) < 4.78 is 11.1. The van der Waals surface area contributed by atoms with E-state index in [-0.39, 0.29) is 12.5 Å². The number of hydrogen-bond acceptors (Lipinski definition) is 5. The van der Waals surface area contributed by atoms with Gasteiger partial charge in [0.05, 0.1) is 11.8 Å². The highest BCUT2D eigenvalue weighted by Gasteiger charge is 2.10. The first kappa shape index (κ1) is 23.7. The third-order valence-electron chi connectivity index (χ3n) is 4.90. The van der Waals surface area contributed by atoms with E-state index in [2.05, 4.69) is 24.4 Å². The number of ether oxygens (including phenoxy) is 2. The van der Waals surface area contributed by atoms with Crippen molar-refractivity contribution in [3.05, 3.63) is 94.5 Å². The average Bonchev–Trinajstić information content (AvgIpc) is 2.78. The lowest BCUT2D eigenvalue weighted by atomic mass is 10.0. The van der Waals surface area contributed by atoms with Crippen LogP contribution in [0.1, 0.15) is 52.4 Å². The largest absolute Gasteiger partial charge is 0.483 e. The van der Waals surface area contributed by atoms with E-state index in [1.54, 1.807) is 36.4 Å². The molecule has 0 atom stereocenters. The van der Waals surface area contributed by atoms with Gasteiger partial charge in [0.2, 0.25) is 0 Å². The zero-order chi connectivity index (χ0) is 23.8. The summed E-state index contributed by atoms with van der Waals surface area (Å²) in [6, 6.07) is 20.0. The van der Waals surface area contributed by atoms with Gasteiger partial charge in [0.25, 0.3) is 5.91 Å². The van der Waals surface area contributed by atoms with Crippen molar-refractivity contribution in [1.82, 2.24) is 5.43 Å². The predicted molar refractivity (Wildman–Crippen MR) is 129 cm³/mol. The van der Waals surface area contributed by atoms with Gasteiger partial charge in [-0.1, -0.05) is 43.7 Å². The first-order valence-corrected chi connectivity index (χ1v) is 10.8. The molecule has 0 aliphatic rings. The van der Waals surface area contributed by atoms with Gasteiger partial charge in [0.1, 0.15) is 11.5 Å². The first-order chi connectivity index (χ1) is 15.8. The van der Waals surface area contributed by atoms with Crippen molar-refractivity contribution in [3.8, 4) is 11.5 Å². The third-order valence-corrected chi connectivity index (χ3v) is 4.90. The second-order valence-electron chi connectivity index (χ2n) is 8.11. The Kier molecular flexibility index (Phi) is 7.97. The molecular formula is C27H28N2O4. The molecule has 0 aliphatic heterocycles. The first-order valence-electron chi connectivity index (χ1n) is 10.8. The number of nitrogens with one attached hydrogen (secondary N) is 1. The summed E-state index contributed by atoms with van der Waals surface area (Å²) in [7, 11) is 0. The number of nitrogens with zero attached hydrogens (tertiary/aromatic N) is 1. The van der Waals surface area contributed by atoms with Crippen LogP contribution < -0.4 is 14.9 Å². The summed E-state index contributed by atoms with van der Waals surface area (Å²) in [6.07, 6.45) is 1.51. The maximum Gasteiger partial charge on any atom is 0.343 e. The highest BCUT2D eigenvalue weighted by molar-refractivity contribution is 5.91. The second-order valence-corrected chi connectivity index (χ2v) is 8.11. The lowest BCUT2D eigenvalue weighted by Crippen LogP contribution is -2.25. The zero-order valence-corrected chi connectivity index (χ0v) is 19.3. The van der Waals surface area contributed by atoms with Gasteiger partial charge < -0.3 is 9.47 Å². The highest BCUT2D eigenvalue weighted by Crippen LogP contribution is 2.27. The van der Waals surface area contributed by atoms with Crippen LogP contribution in [0.25, 0.3) is 0 Å². The molecule has 0 aromatic heterocycles. The van der Waals surface area contributed by atoms with Crippen molar-refractivity contribution in [1.29, 1.82) is 0 Å². The summed E-state index contributed by atoms with van der Waals surface area (Å²) in [5, 5.41) is 3.96. The standard InChI is InChI=1S/C27H28N2O4/c1-18(2)24-13-8-20(4)15-25(24)32-17-26(30)29-28-16-21-9-11-23(12-10-21)33-27(31)22-7-5-6-19(3)14-22/h5-16,18H,17H2,1-4H3,(H,29,30)/b28-16-. The van der Waals surface area contributed by atoms with Crippen LogP contribution in [-0.4, -0.2) is 24.7 Å². The monoisotopic (exact) mass is 444 g/mol. The average molecular weight is 445 g/mol. The molecule has 33 heavy (non-hydrogen) atoms. The molecule has 1 N–H and O–H groups in total. The fourth-order valence-corrected chi connectivity index (χ4v) is 3.16. The van der Waals surface area contributed by atoms with Crippen LogP contribution in [0.3, 0.4) is 0 Å². The minimum atomic E-state index is -0.415. The molecule has 6 nitrogen and oxygen atoms in total. The molecule has 1 amide bonds. The van der Waals surface area contributed by atoms with Gasteiger partial charge in [-0.3, -0.25) is 4.79 Å². The number of hydrazone groups is 1. The zero-order valence-electron chi connectivity index (χ0n) is 19.3.